The van der Waals surface area contributed by atoms with Crippen LogP contribution in [-0.4, -0.2) is 22.1 Å². The van der Waals surface area contributed by atoms with Crippen LogP contribution in [0.4, 0.5) is 18.9 Å². The van der Waals surface area contributed by atoms with E-state index in [-0.39, 0.29) is 17.7 Å². The van der Waals surface area contributed by atoms with Gasteiger partial charge in [0.2, 0.25) is 0 Å². The average molecular weight is 318 g/mol. The van der Waals surface area contributed by atoms with Crippen LogP contribution in [0.1, 0.15) is 35.6 Å². The van der Waals surface area contributed by atoms with E-state index in [4.69, 9.17) is 5.11 Å². The maximum Gasteiger partial charge on any atom is 0.471 e. The van der Waals surface area contributed by atoms with Crippen molar-refractivity contribution in [3.8, 4) is 0 Å². The largest absolute Gasteiger partial charge is 0.471 e. The standard InChI is InChI=1S/C13H13F3N2O4/c14-13(15,16)12(20)17-10-3-1-2-7-4-8(6-19)11(18(21)22)5-9(7)10/h4-5,10,19H,1-3,6H2,(H,17,20)/t10-/m1/s1. The van der Waals surface area contributed by atoms with Gasteiger partial charge in [0.25, 0.3) is 5.69 Å². The number of amides is 1. The van der Waals surface area contributed by atoms with Crippen LogP contribution in [-0.2, 0) is 17.8 Å². The van der Waals surface area contributed by atoms with Gasteiger partial charge in [-0.3, -0.25) is 14.9 Å². The molecule has 0 radical (unpaired) electrons. The SMILES string of the molecule is O=C(N[C@@H]1CCCc2cc(CO)c([N+](=O)[O-])cc21)C(F)(F)F. The first-order valence-electron chi connectivity index (χ1n) is 6.52. The highest BCUT2D eigenvalue weighted by Crippen LogP contribution is 2.35. The lowest BCUT2D eigenvalue weighted by Crippen LogP contribution is -2.40. The number of hydrogen-bond acceptors (Lipinski definition) is 4. The van der Waals surface area contributed by atoms with Crippen molar-refractivity contribution in [2.45, 2.75) is 38.1 Å². The lowest BCUT2D eigenvalue weighted by atomic mass is 9.86. The van der Waals surface area contributed by atoms with Crippen molar-refractivity contribution in [3.05, 3.63) is 38.9 Å². The van der Waals surface area contributed by atoms with Gasteiger partial charge >= 0.3 is 12.1 Å². The third kappa shape index (κ3) is 3.19. The molecule has 9 heteroatoms. The average Bonchev–Trinajstić information content (AvgIpc) is 2.45. The molecule has 0 heterocycles. The van der Waals surface area contributed by atoms with Crippen LogP contribution < -0.4 is 5.32 Å². The van der Waals surface area contributed by atoms with E-state index in [1.807, 2.05) is 5.32 Å². The van der Waals surface area contributed by atoms with Gasteiger partial charge in [-0.25, -0.2) is 0 Å². The van der Waals surface area contributed by atoms with E-state index in [1.165, 1.54) is 6.07 Å². The highest BCUT2D eigenvalue weighted by molar-refractivity contribution is 5.82. The maximum absolute atomic E-state index is 12.4. The fraction of sp³-hybridized carbons (Fsp3) is 0.462. The number of aryl methyl sites for hydroxylation is 1. The Labute approximate surface area is 123 Å². The zero-order chi connectivity index (χ0) is 16.5. The Morgan fingerprint density at radius 2 is 2.14 bits per heavy atom. The molecule has 1 amide bonds. The molecule has 0 saturated carbocycles. The van der Waals surface area contributed by atoms with Crippen molar-refractivity contribution >= 4 is 11.6 Å². The number of hydrogen-bond donors (Lipinski definition) is 2. The summed E-state index contributed by atoms with van der Waals surface area (Å²) < 4.78 is 37.1. The number of halogens is 3. The quantitative estimate of drug-likeness (QED) is 0.659. The first kappa shape index (κ1) is 16.2. The number of benzene rings is 1. The lowest BCUT2D eigenvalue weighted by Gasteiger charge is -2.27. The van der Waals surface area contributed by atoms with Gasteiger partial charge in [-0.2, -0.15) is 13.2 Å². The molecule has 0 saturated heterocycles. The number of nitro benzene ring substituents is 1. The maximum atomic E-state index is 12.4. The van der Waals surface area contributed by atoms with Gasteiger partial charge < -0.3 is 10.4 Å². The fourth-order valence-corrected chi connectivity index (χ4v) is 2.58. The minimum Gasteiger partial charge on any atom is -0.391 e. The van der Waals surface area contributed by atoms with Crippen LogP contribution in [0, 0.1) is 10.1 Å². The molecule has 0 aliphatic heterocycles. The van der Waals surface area contributed by atoms with Gasteiger partial charge in [0.15, 0.2) is 0 Å². The molecule has 0 bridgehead atoms. The lowest BCUT2D eigenvalue weighted by molar-refractivity contribution is -0.386. The van der Waals surface area contributed by atoms with Crippen molar-refractivity contribution in [2.75, 3.05) is 0 Å². The number of fused-ring (bicyclic) bond motifs is 1. The molecule has 0 fully saturated rings. The summed E-state index contributed by atoms with van der Waals surface area (Å²) in [7, 11) is 0. The Balaban J connectivity index is 2.39. The number of nitrogens with zero attached hydrogens (tertiary/aromatic N) is 1. The van der Waals surface area contributed by atoms with Crippen LogP contribution in [0.2, 0.25) is 0 Å². The summed E-state index contributed by atoms with van der Waals surface area (Å²) in [4.78, 5) is 21.4. The Morgan fingerprint density at radius 1 is 1.45 bits per heavy atom. The summed E-state index contributed by atoms with van der Waals surface area (Å²) in [6.45, 7) is -0.539. The Kier molecular flexibility index (Phi) is 4.36. The molecule has 22 heavy (non-hydrogen) atoms. The van der Waals surface area contributed by atoms with E-state index in [1.54, 1.807) is 0 Å². The normalized spacial score (nSPS) is 17.7. The number of aliphatic hydroxyl groups is 1. The minimum atomic E-state index is -5.01. The van der Waals surface area contributed by atoms with Crippen LogP contribution in [0.5, 0.6) is 0 Å². The van der Waals surface area contributed by atoms with Crippen molar-refractivity contribution in [1.82, 2.24) is 5.32 Å². The topological polar surface area (TPSA) is 92.5 Å². The molecule has 1 aromatic carbocycles. The van der Waals surface area contributed by atoms with Crippen molar-refractivity contribution in [2.24, 2.45) is 0 Å². The van der Waals surface area contributed by atoms with Crippen molar-refractivity contribution < 1.29 is 28.0 Å². The van der Waals surface area contributed by atoms with Crippen molar-refractivity contribution in [1.29, 1.82) is 0 Å². The highest BCUT2D eigenvalue weighted by atomic mass is 19.4. The number of aliphatic hydroxyl groups excluding tert-OH is 1. The fourth-order valence-electron chi connectivity index (χ4n) is 2.58. The number of nitro groups is 1. The molecule has 1 aromatic rings. The number of alkyl halides is 3. The highest BCUT2D eigenvalue weighted by Gasteiger charge is 2.40. The molecule has 0 unspecified atom stereocenters. The molecular formula is C13H13F3N2O4. The number of rotatable bonds is 3. The Hall–Kier alpha value is -2.16. The van der Waals surface area contributed by atoms with Gasteiger partial charge in [-0.05, 0) is 36.5 Å². The van der Waals surface area contributed by atoms with Gasteiger partial charge in [0.1, 0.15) is 0 Å². The predicted molar refractivity (Wildman–Crippen MR) is 68.9 cm³/mol. The van der Waals surface area contributed by atoms with Crippen LogP contribution in [0.15, 0.2) is 12.1 Å². The van der Waals surface area contributed by atoms with Gasteiger partial charge in [0, 0.05) is 6.07 Å². The van der Waals surface area contributed by atoms with Crippen LogP contribution >= 0.6 is 0 Å². The van der Waals surface area contributed by atoms with E-state index in [0.717, 1.165) is 6.07 Å². The zero-order valence-electron chi connectivity index (χ0n) is 11.3. The zero-order valence-corrected chi connectivity index (χ0v) is 11.3. The van der Waals surface area contributed by atoms with E-state index >= 15 is 0 Å². The molecule has 1 aliphatic carbocycles. The Bertz CT molecular complexity index is 616. The molecule has 2 rings (SSSR count). The minimum absolute atomic E-state index is 0.103. The second-order valence-corrected chi connectivity index (χ2v) is 5.01. The summed E-state index contributed by atoms with van der Waals surface area (Å²) in [6.07, 6.45) is -3.67. The van der Waals surface area contributed by atoms with E-state index in [0.29, 0.717) is 24.0 Å². The van der Waals surface area contributed by atoms with Gasteiger partial charge in [-0.1, -0.05) is 0 Å². The summed E-state index contributed by atoms with van der Waals surface area (Å²) in [5, 5.41) is 22.0. The second kappa shape index (κ2) is 5.91. The number of nitrogens with one attached hydrogen (secondary N) is 1. The monoisotopic (exact) mass is 318 g/mol. The molecule has 1 atom stereocenters. The third-order valence-corrected chi connectivity index (χ3v) is 3.58. The first-order chi connectivity index (χ1) is 10.2. The summed E-state index contributed by atoms with van der Waals surface area (Å²) in [6, 6.07) is 1.63. The number of carbonyl (C=O) groups excluding carboxylic acids is 1. The summed E-state index contributed by atoms with van der Waals surface area (Å²) >= 11 is 0. The van der Waals surface area contributed by atoms with E-state index in [2.05, 4.69) is 0 Å². The Morgan fingerprint density at radius 3 is 2.68 bits per heavy atom. The molecule has 0 spiro atoms. The third-order valence-electron chi connectivity index (χ3n) is 3.58. The predicted octanol–water partition coefficient (Wildman–Crippen LogP) is 2.14. The van der Waals surface area contributed by atoms with Gasteiger partial charge in [0.05, 0.1) is 23.1 Å². The van der Waals surface area contributed by atoms with Crippen LogP contribution in [0.3, 0.4) is 0 Å². The molecular weight excluding hydrogens is 305 g/mol. The molecule has 0 aromatic heterocycles. The summed E-state index contributed by atoms with van der Waals surface area (Å²) in [5.74, 6) is -2.07. The van der Waals surface area contributed by atoms with Crippen LogP contribution in [0.25, 0.3) is 0 Å². The van der Waals surface area contributed by atoms with Gasteiger partial charge in [-0.15, -0.1) is 0 Å². The molecule has 120 valence electrons. The van der Waals surface area contributed by atoms with E-state index < -0.39 is 29.7 Å². The smallest absolute Gasteiger partial charge is 0.391 e. The van der Waals surface area contributed by atoms with Crippen molar-refractivity contribution in [3.63, 3.8) is 0 Å². The summed E-state index contributed by atoms with van der Waals surface area (Å²) in [5.41, 5.74) is 0.641. The second-order valence-electron chi connectivity index (χ2n) is 5.01. The molecule has 6 nitrogen and oxygen atoms in total. The van der Waals surface area contributed by atoms with E-state index in [9.17, 15) is 28.1 Å². The number of carbonyl (C=O) groups is 1. The first-order valence-corrected chi connectivity index (χ1v) is 6.52. The molecule has 1 aliphatic rings. The molecule has 2 N–H and O–H groups in total.